The van der Waals surface area contributed by atoms with Gasteiger partial charge in [-0.1, -0.05) is 13.8 Å². The summed E-state index contributed by atoms with van der Waals surface area (Å²) in [7, 11) is 2.09. The quantitative estimate of drug-likeness (QED) is 0.882. The zero-order chi connectivity index (χ0) is 13.7. The van der Waals surface area contributed by atoms with Crippen LogP contribution in [0.4, 0.5) is 5.95 Å². The van der Waals surface area contributed by atoms with Gasteiger partial charge < -0.3 is 10.2 Å². The third-order valence-corrected chi connectivity index (χ3v) is 3.61. The van der Waals surface area contributed by atoms with Gasteiger partial charge in [0.1, 0.15) is 0 Å². The van der Waals surface area contributed by atoms with Gasteiger partial charge in [0.25, 0.3) is 0 Å². The van der Waals surface area contributed by atoms with E-state index in [2.05, 4.69) is 41.1 Å². The van der Waals surface area contributed by atoms with Gasteiger partial charge in [-0.15, -0.1) is 0 Å². The molecule has 1 aliphatic rings. The minimum atomic E-state index is 0.653. The van der Waals surface area contributed by atoms with Gasteiger partial charge in [-0.2, -0.15) is 0 Å². The molecule has 1 aromatic rings. The third kappa shape index (κ3) is 4.46. The lowest BCUT2D eigenvalue weighted by Crippen LogP contribution is -2.37. The number of anilines is 1. The molecular weight excluding hydrogens is 236 g/mol. The van der Waals surface area contributed by atoms with E-state index in [1.165, 1.54) is 24.9 Å². The Morgan fingerprint density at radius 1 is 1.37 bits per heavy atom. The van der Waals surface area contributed by atoms with Crippen molar-refractivity contribution in [3.8, 4) is 0 Å². The van der Waals surface area contributed by atoms with E-state index in [1.54, 1.807) is 0 Å². The van der Waals surface area contributed by atoms with Crippen molar-refractivity contribution < 1.29 is 0 Å². The van der Waals surface area contributed by atoms with Gasteiger partial charge in [-0.25, -0.2) is 9.97 Å². The first-order valence-electron chi connectivity index (χ1n) is 7.38. The van der Waals surface area contributed by atoms with E-state index in [9.17, 15) is 0 Å². The summed E-state index contributed by atoms with van der Waals surface area (Å²) in [5.74, 6) is 2.22. The molecule has 0 saturated carbocycles. The van der Waals surface area contributed by atoms with E-state index in [-0.39, 0.29) is 0 Å². The third-order valence-electron chi connectivity index (χ3n) is 3.61. The molecule has 0 spiro atoms. The smallest absolute Gasteiger partial charge is 0.225 e. The molecule has 2 heterocycles. The highest BCUT2D eigenvalue weighted by molar-refractivity contribution is 5.28. The van der Waals surface area contributed by atoms with Crippen LogP contribution in [0.2, 0.25) is 0 Å². The number of hydrogen-bond acceptors (Lipinski definition) is 4. The Morgan fingerprint density at radius 2 is 2.11 bits per heavy atom. The molecule has 2 rings (SSSR count). The highest BCUT2D eigenvalue weighted by Crippen LogP contribution is 2.14. The van der Waals surface area contributed by atoms with Crippen LogP contribution in [-0.2, 0) is 6.42 Å². The number of aromatic nitrogens is 2. The second-order valence-corrected chi connectivity index (χ2v) is 6.08. The van der Waals surface area contributed by atoms with Crippen molar-refractivity contribution >= 4 is 5.95 Å². The summed E-state index contributed by atoms with van der Waals surface area (Å²) in [5.41, 5.74) is 1.23. The lowest BCUT2D eigenvalue weighted by Gasteiger charge is -2.27. The molecule has 1 unspecified atom stereocenters. The summed E-state index contributed by atoms with van der Waals surface area (Å²) in [6, 6.07) is 0. The van der Waals surface area contributed by atoms with Crippen LogP contribution < -0.4 is 10.2 Å². The molecule has 4 nitrogen and oxygen atoms in total. The maximum absolute atomic E-state index is 4.49. The Labute approximate surface area is 116 Å². The minimum Gasteiger partial charge on any atom is -0.344 e. The predicted octanol–water partition coefficient (Wildman–Crippen LogP) is 2.11. The van der Waals surface area contributed by atoms with Crippen LogP contribution in [0, 0.1) is 11.8 Å². The Balaban J connectivity index is 1.89. The first-order valence-corrected chi connectivity index (χ1v) is 7.38. The van der Waals surface area contributed by atoms with Gasteiger partial charge >= 0.3 is 0 Å². The molecule has 1 N–H and O–H groups in total. The van der Waals surface area contributed by atoms with E-state index in [0.29, 0.717) is 5.92 Å². The van der Waals surface area contributed by atoms with Gasteiger partial charge in [-0.05, 0) is 49.8 Å². The number of hydrogen-bond donors (Lipinski definition) is 1. The highest BCUT2D eigenvalue weighted by atomic mass is 15.2. The van der Waals surface area contributed by atoms with Gasteiger partial charge in [0, 0.05) is 26.0 Å². The number of piperidine rings is 1. The number of nitrogens with zero attached hydrogens (tertiary/aromatic N) is 3. The van der Waals surface area contributed by atoms with E-state index in [1.807, 2.05) is 12.4 Å². The molecule has 0 aliphatic carbocycles. The van der Waals surface area contributed by atoms with Crippen molar-refractivity contribution in [1.29, 1.82) is 0 Å². The Hall–Kier alpha value is -1.16. The molecular formula is C15H26N4. The Bertz CT molecular complexity index is 368. The van der Waals surface area contributed by atoms with Crippen LogP contribution in [0.15, 0.2) is 12.4 Å². The summed E-state index contributed by atoms with van der Waals surface area (Å²) in [4.78, 5) is 11.2. The number of nitrogens with one attached hydrogen (secondary N) is 1. The van der Waals surface area contributed by atoms with Crippen molar-refractivity contribution in [2.24, 2.45) is 11.8 Å². The number of rotatable bonds is 5. The summed E-state index contributed by atoms with van der Waals surface area (Å²) in [5, 5.41) is 3.45. The first-order chi connectivity index (χ1) is 9.15. The molecule has 19 heavy (non-hydrogen) atoms. The van der Waals surface area contributed by atoms with Crippen molar-refractivity contribution in [3.05, 3.63) is 18.0 Å². The monoisotopic (exact) mass is 262 g/mol. The van der Waals surface area contributed by atoms with Crippen molar-refractivity contribution in [1.82, 2.24) is 15.3 Å². The van der Waals surface area contributed by atoms with E-state index in [0.717, 1.165) is 31.4 Å². The first kappa shape index (κ1) is 14.3. The molecule has 1 saturated heterocycles. The summed E-state index contributed by atoms with van der Waals surface area (Å²) >= 11 is 0. The molecule has 1 aromatic heterocycles. The van der Waals surface area contributed by atoms with E-state index < -0.39 is 0 Å². The molecule has 1 fully saturated rings. The topological polar surface area (TPSA) is 41.1 Å². The van der Waals surface area contributed by atoms with Gasteiger partial charge in [0.05, 0.1) is 0 Å². The molecule has 0 amide bonds. The highest BCUT2D eigenvalue weighted by Gasteiger charge is 2.16. The summed E-state index contributed by atoms with van der Waals surface area (Å²) in [6.45, 7) is 7.76. The molecule has 106 valence electrons. The zero-order valence-electron chi connectivity index (χ0n) is 12.4. The van der Waals surface area contributed by atoms with Gasteiger partial charge in [0.15, 0.2) is 0 Å². The molecule has 0 aromatic carbocycles. The normalized spacial score (nSPS) is 19.7. The van der Waals surface area contributed by atoms with Crippen LogP contribution >= 0.6 is 0 Å². The van der Waals surface area contributed by atoms with Gasteiger partial charge in [0.2, 0.25) is 5.95 Å². The standard InChI is InChI=1S/C15H26N4/c1-12(2)7-14-9-17-15(18-10-14)19(3)11-13-5-4-6-16-8-13/h9-10,12-13,16H,4-8,11H2,1-3H3. The van der Waals surface area contributed by atoms with Crippen LogP contribution in [-0.4, -0.2) is 36.6 Å². The Kier molecular flexibility index (Phi) is 5.14. The molecule has 0 bridgehead atoms. The van der Waals surface area contributed by atoms with Crippen molar-refractivity contribution in [2.45, 2.75) is 33.1 Å². The maximum atomic E-state index is 4.49. The van der Waals surface area contributed by atoms with Crippen molar-refractivity contribution in [2.75, 3.05) is 31.6 Å². The Morgan fingerprint density at radius 3 is 2.68 bits per heavy atom. The van der Waals surface area contributed by atoms with Crippen LogP contribution in [0.25, 0.3) is 0 Å². The van der Waals surface area contributed by atoms with E-state index in [4.69, 9.17) is 0 Å². The van der Waals surface area contributed by atoms with Crippen molar-refractivity contribution in [3.63, 3.8) is 0 Å². The predicted molar refractivity (Wildman–Crippen MR) is 79.4 cm³/mol. The van der Waals surface area contributed by atoms with Gasteiger partial charge in [-0.3, -0.25) is 0 Å². The zero-order valence-corrected chi connectivity index (χ0v) is 12.4. The van der Waals surface area contributed by atoms with Crippen LogP contribution in [0.1, 0.15) is 32.3 Å². The lowest BCUT2D eigenvalue weighted by atomic mass is 9.99. The molecule has 1 atom stereocenters. The fraction of sp³-hybridized carbons (Fsp3) is 0.733. The minimum absolute atomic E-state index is 0.653. The SMILES string of the molecule is CC(C)Cc1cnc(N(C)CC2CCCNC2)nc1. The maximum Gasteiger partial charge on any atom is 0.225 e. The van der Waals surface area contributed by atoms with Crippen LogP contribution in [0.3, 0.4) is 0 Å². The van der Waals surface area contributed by atoms with Crippen LogP contribution in [0.5, 0.6) is 0 Å². The second kappa shape index (κ2) is 6.85. The summed E-state index contributed by atoms with van der Waals surface area (Å²) in [6.07, 6.45) is 7.59. The molecule has 4 heteroatoms. The van der Waals surface area contributed by atoms with E-state index >= 15 is 0 Å². The lowest BCUT2D eigenvalue weighted by molar-refractivity contribution is 0.380. The fourth-order valence-corrected chi connectivity index (χ4v) is 2.67. The molecule has 1 aliphatic heterocycles. The largest absolute Gasteiger partial charge is 0.344 e. The average molecular weight is 262 g/mol. The summed E-state index contributed by atoms with van der Waals surface area (Å²) < 4.78 is 0. The molecule has 0 radical (unpaired) electrons. The average Bonchev–Trinajstić information content (AvgIpc) is 2.40. The second-order valence-electron chi connectivity index (χ2n) is 6.08. The fourth-order valence-electron chi connectivity index (χ4n) is 2.67.